The summed E-state index contributed by atoms with van der Waals surface area (Å²) < 4.78 is 6.79. The van der Waals surface area contributed by atoms with E-state index in [4.69, 9.17) is 4.74 Å². The van der Waals surface area contributed by atoms with Gasteiger partial charge >= 0.3 is 0 Å². The molecule has 3 aromatic rings. The fraction of sp³-hybridized carbons (Fsp3) is 0.333. The summed E-state index contributed by atoms with van der Waals surface area (Å²) in [5.41, 5.74) is 5.47. The summed E-state index contributed by atoms with van der Waals surface area (Å²) in [6.07, 6.45) is 2.00. The summed E-state index contributed by atoms with van der Waals surface area (Å²) in [6, 6.07) is 11.5. The highest BCUT2D eigenvalue weighted by Gasteiger charge is 2.43. The van der Waals surface area contributed by atoms with Crippen molar-refractivity contribution < 1.29 is 14.6 Å². The van der Waals surface area contributed by atoms with Crippen LogP contribution in [0.15, 0.2) is 40.9 Å². The maximum atomic E-state index is 13.4. The second kappa shape index (κ2) is 7.80. The van der Waals surface area contributed by atoms with E-state index in [0.717, 1.165) is 46.2 Å². The van der Waals surface area contributed by atoms with Crippen LogP contribution in [0.3, 0.4) is 0 Å². The number of nitrogens with zero attached hydrogens (tertiary/aromatic N) is 2. The number of phenolic OH excluding ortho intramolecular Hbond substituents is 1. The number of rotatable bonds is 4. The molecule has 6 nitrogen and oxygen atoms in total. The molecule has 7 heteroatoms. The third-order valence-corrected chi connectivity index (χ3v) is 6.64. The van der Waals surface area contributed by atoms with Gasteiger partial charge in [0.1, 0.15) is 17.1 Å². The van der Waals surface area contributed by atoms with Crippen molar-refractivity contribution in [3.8, 4) is 17.0 Å². The van der Waals surface area contributed by atoms with Gasteiger partial charge in [-0.05, 0) is 61.6 Å². The first-order valence-corrected chi connectivity index (χ1v) is 11.3. The Hall–Kier alpha value is -2.64. The number of ether oxygens (including phenoxy) is 1. The van der Waals surface area contributed by atoms with E-state index in [1.807, 2.05) is 49.1 Å². The summed E-state index contributed by atoms with van der Waals surface area (Å²) in [6.45, 7) is 5.17. The standard InChI is InChI=1S/C24H24BrN3O3/c1-13-9-14(2)19(18(29)10-13)21-20-22(27-26-21)24(30)28(12-17-7-4-8-31-17)23(20)15-5-3-6-16(25)11-15/h3,5-6,9-11,17,23,29H,4,7-8,12H2,1-2H3,(H,26,27). The Morgan fingerprint density at radius 3 is 2.84 bits per heavy atom. The lowest BCUT2D eigenvalue weighted by molar-refractivity contribution is 0.0495. The molecule has 2 aromatic carbocycles. The van der Waals surface area contributed by atoms with Gasteiger partial charge in [-0.2, -0.15) is 5.10 Å². The van der Waals surface area contributed by atoms with Crippen molar-refractivity contribution >= 4 is 21.8 Å². The predicted octanol–water partition coefficient (Wildman–Crippen LogP) is 4.89. The summed E-state index contributed by atoms with van der Waals surface area (Å²) in [4.78, 5) is 15.3. The van der Waals surface area contributed by atoms with E-state index in [2.05, 4.69) is 26.1 Å². The molecule has 2 aliphatic heterocycles. The number of H-pyrrole nitrogens is 1. The number of benzene rings is 2. The topological polar surface area (TPSA) is 78.5 Å². The Bertz CT molecular complexity index is 1140. The molecule has 5 rings (SSSR count). The summed E-state index contributed by atoms with van der Waals surface area (Å²) in [5.74, 6) is 0.0864. The van der Waals surface area contributed by atoms with Crippen molar-refractivity contribution in [1.82, 2.24) is 15.1 Å². The van der Waals surface area contributed by atoms with Crippen LogP contribution in [0.1, 0.15) is 51.6 Å². The average molecular weight is 482 g/mol. The number of aryl methyl sites for hydroxylation is 2. The van der Waals surface area contributed by atoms with Crippen LogP contribution in [0, 0.1) is 13.8 Å². The van der Waals surface area contributed by atoms with Crippen LogP contribution in [0.4, 0.5) is 0 Å². The van der Waals surface area contributed by atoms with Gasteiger partial charge in [0.25, 0.3) is 5.91 Å². The quantitative estimate of drug-likeness (QED) is 0.556. The third kappa shape index (κ3) is 3.46. The number of nitrogens with one attached hydrogen (secondary N) is 1. The van der Waals surface area contributed by atoms with E-state index in [0.29, 0.717) is 23.5 Å². The molecule has 1 saturated heterocycles. The number of carbonyl (C=O) groups excluding carboxylic acids is 1. The van der Waals surface area contributed by atoms with Gasteiger partial charge in [0, 0.05) is 28.8 Å². The highest BCUT2D eigenvalue weighted by molar-refractivity contribution is 9.10. The predicted molar refractivity (Wildman–Crippen MR) is 121 cm³/mol. The van der Waals surface area contributed by atoms with Gasteiger partial charge in [0.05, 0.1) is 12.1 Å². The first-order valence-electron chi connectivity index (χ1n) is 10.5. The zero-order valence-corrected chi connectivity index (χ0v) is 19.1. The number of halogens is 1. The highest BCUT2D eigenvalue weighted by Crippen LogP contribution is 2.46. The molecule has 0 spiro atoms. The number of aromatic hydroxyl groups is 1. The van der Waals surface area contributed by atoms with Crippen molar-refractivity contribution in [3.05, 3.63) is 68.8 Å². The maximum absolute atomic E-state index is 13.4. The van der Waals surface area contributed by atoms with Crippen molar-refractivity contribution in [1.29, 1.82) is 0 Å². The van der Waals surface area contributed by atoms with Crippen LogP contribution in [-0.2, 0) is 4.74 Å². The van der Waals surface area contributed by atoms with Crippen LogP contribution >= 0.6 is 15.9 Å². The zero-order valence-electron chi connectivity index (χ0n) is 17.5. The number of fused-ring (bicyclic) bond motifs is 1. The molecular weight excluding hydrogens is 458 g/mol. The average Bonchev–Trinajstić information content (AvgIpc) is 3.42. The Morgan fingerprint density at radius 1 is 1.29 bits per heavy atom. The smallest absolute Gasteiger partial charge is 0.273 e. The number of carbonyl (C=O) groups is 1. The Balaban J connectivity index is 1.67. The molecular formula is C24H24BrN3O3. The molecule has 2 unspecified atom stereocenters. The van der Waals surface area contributed by atoms with E-state index >= 15 is 0 Å². The number of amides is 1. The van der Waals surface area contributed by atoms with Crippen molar-refractivity contribution in [3.63, 3.8) is 0 Å². The number of aromatic amines is 1. The van der Waals surface area contributed by atoms with Gasteiger partial charge < -0.3 is 14.7 Å². The number of hydrogen-bond acceptors (Lipinski definition) is 4. The molecule has 2 aliphatic rings. The molecule has 0 radical (unpaired) electrons. The second-order valence-electron chi connectivity index (χ2n) is 8.39. The van der Waals surface area contributed by atoms with E-state index < -0.39 is 0 Å². The van der Waals surface area contributed by atoms with Crippen molar-refractivity contribution in [2.75, 3.05) is 13.2 Å². The Kier molecular flexibility index (Phi) is 5.10. The number of hydrogen-bond donors (Lipinski definition) is 2. The molecule has 2 N–H and O–H groups in total. The molecule has 0 bridgehead atoms. The first kappa shape index (κ1) is 20.3. The third-order valence-electron chi connectivity index (χ3n) is 6.15. The fourth-order valence-corrected chi connectivity index (χ4v) is 5.28. The minimum absolute atomic E-state index is 0.0357. The van der Waals surface area contributed by atoms with Gasteiger partial charge in [0.15, 0.2) is 0 Å². The van der Waals surface area contributed by atoms with E-state index in [1.165, 1.54) is 0 Å². The van der Waals surface area contributed by atoms with Gasteiger partial charge in [-0.1, -0.05) is 34.1 Å². The molecule has 1 aromatic heterocycles. The van der Waals surface area contributed by atoms with Crippen LogP contribution in [0.5, 0.6) is 5.75 Å². The summed E-state index contributed by atoms with van der Waals surface area (Å²) in [7, 11) is 0. The minimum atomic E-state index is -0.307. The normalized spacial score (nSPS) is 20.5. The van der Waals surface area contributed by atoms with Gasteiger partial charge in [-0.25, -0.2) is 0 Å². The van der Waals surface area contributed by atoms with Gasteiger partial charge in [-0.3, -0.25) is 9.89 Å². The Morgan fingerprint density at radius 2 is 2.13 bits per heavy atom. The number of aromatic nitrogens is 2. The minimum Gasteiger partial charge on any atom is -0.507 e. The zero-order chi connectivity index (χ0) is 21.7. The molecule has 2 atom stereocenters. The molecule has 0 saturated carbocycles. The van der Waals surface area contributed by atoms with Crippen LogP contribution < -0.4 is 0 Å². The monoisotopic (exact) mass is 481 g/mol. The molecule has 160 valence electrons. The SMILES string of the molecule is Cc1cc(C)c(-c2n[nH]c3c2C(c2cccc(Br)c2)N(CC2CCCO2)C3=O)c(O)c1. The first-order chi connectivity index (χ1) is 14.9. The van der Waals surface area contributed by atoms with Gasteiger partial charge in [-0.15, -0.1) is 0 Å². The lowest BCUT2D eigenvalue weighted by Gasteiger charge is -2.28. The molecule has 1 amide bonds. The molecule has 31 heavy (non-hydrogen) atoms. The summed E-state index contributed by atoms with van der Waals surface area (Å²) >= 11 is 3.57. The van der Waals surface area contributed by atoms with E-state index in [-0.39, 0.29) is 23.8 Å². The van der Waals surface area contributed by atoms with Crippen LogP contribution in [0.2, 0.25) is 0 Å². The van der Waals surface area contributed by atoms with E-state index in [1.54, 1.807) is 6.07 Å². The number of phenols is 1. The highest BCUT2D eigenvalue weighted by atomic mass is 79.9. The largest absolute Gasteiger partial charge is 0.507 e. The van der Waals surface area contributed by atoms with Crippen LogP contribution in [-0.4, -0.2) is 45.4 Å². The lowest BCUT2D eigenvalue weighted by atomic mass is 9.93. The summed E-state index contributed by atoms with van der Waals surface area (Å²) in [5, 5.41) is 18.2. The molecule has 3 heterocycles. The fourth-order valence-electron chi connectivity index (χ4n) is 4.86. The maximum Gasteiger partial charge on any atom is 0.273 e. The molecule has 0 aliphatic carbocycles. The Labute approximate surface area is 189 Å². The lowest BCUT2D eigenvalue weighted by Crippen LogP contribution is -2.36. The second-order valence-corrected chi connectivity index (χ2v) is 9.30. The van der Waals surface area contributed by atoms with Crippen molar-refractivity contribution in [2.45, 2.75) is 38.8 Å². The van der Waals surface area contributed by atoms with Crippen LogP contribution in [0.25, 0.3) is 11.3 Å². The van der Waals surface area contributed by atoms with E-state index in [9.17, 15) is 9.90 Å². The van der Waals surface area contributed by atoms with Gasteiger partial charge in [0.2, 0.25) is 0 Å². The van der Waals surface area contributed by atoms with Crippen molar-refractivity contribution in [2.24, 2.45) is 0 Å². The molecule has 1 fully saturated rings.